The standard InChI is InChI=1S/C22H16BrNO2/c1-26-21(25)13-16-12-20(15-6-9-17(23)10-7-15)24-19-11-8-14-4-2-3-5-18(14)22(16)19/h2-12H,13H2,1H3. The number of halogens is 1. The van der Waals surface area contributed by atoms with E-state index in [0.717, 1.165) is 43.0 Å². The fourth-order valence-electron chi connectivity index (χ4n) is 3.23. The molecular formula is C22H16BrNO2. The Morgan fingerprint density at radius 3 is 2.58 bits per heavy atom. The summed E-state index contributed by atoms with van der Waals surface area (Å²) >= 11 is 3.46. The minimum Gasteiger partial charge on any atom is -0.469 e. The highest BCUT2D eigenvalue weighted by Gasteiger charge is 2.14. The summed E-state index contributed by atoms with van der Waals surface area (Å²) in [6.45, 7) is 0. The molecule has 3 nitrogen and oxygen atoms in total. The number of fused-ring (bicyclic) bond motifs is 3. The van der Waals surface area contributed by atoms with E-state index in [-0.39, 0.29) is 12.4 Å². The molecule has 4 rings (SSSR count). The minimum absolute atomic E-state index is 0.215. The van der Waals surface area contributed by atoms with E-state index in [9.17, 15) is 4.79 Å². The Bertz CT molecular complexity index is 1120. The summed E-state index contributed by atoms with van der Waals surface area (Å²) in [6.07, 6.45) is 0.215. The van der Waals surface area contributed by atoms with Crippen LogP contribution in [0, 0.1) is 0 Å². The maximum atomic E-state index is 12.0. The molecule has 0 amide bonds. The summed E-state index contributed by atoms with van der Waals surface area (Å²) in [6, 6.07) is 22.2. The van der Waals surface area contributed by atoms with Crippen LogP contribution in [0.25, 0.3) is 32.9 Å². The van der Waals surface area contributed by atoms with E-state index in [1.807, 2.05) is 48.5 Å². The van der Waals surface area contributed by atoms with Gasteiger partial charge in [-0.05, 0) is 40.6 Å². The van der Waals surface area contributed by atoms with Crippen LogP contribution in [-0.4, -0.2) is 18.1 Å². The molecule has 0 radical (unpaired) electrons. The predicted molar refractivity (Wildman–Crippen MR) is 108 cm³/mol. The van der Waals surface area contributed by atoms with Crippen LogP contribution in [0.5, 0.6) is 0 Å². The number of pyridine rings is 1. The first-order chi connectivity index (χ1) is 12.7. The molecule has 4 heteroatoms. The van der Waals surface area contributed by atoms with Crippen LogP contribution >= 0.6 is 15.9 Å². The number of carbonyl (C=O) groups is 1. The molecule has 0 saturated carbocycles. The van der Waals surface area contributed by atoms with Crippen LogP contribution in [0.1, 0.15) is 5.56 Å². The topological polar surface area (TPSA) is 39.2 Å². The van der Waals surface area contributed by atoms with Crippen molar-refractivity contribution in [2.75, 3.05) is 7.11 Å². The van der Waals surface area contributed by atoms with Crippen molar-refractivity contribution in [2.24, 2.45) is 0 Å². The van der Waals surface area contributed by atoms with Gasteiger partial charge in [0.2, 0.25) is 0 Å². The number of esters is 1. The van der Waals surface area contributed by atoms with Gasteiger partial charge >= 0.3 is 5.97 Å². The molecule has 0 saturated heterocycles. The van der Waals surface area contributed by atoms with Gasteiger partial charge in [-0.1, -0.05) is 58.4 Å². The highest BCUT2D eigenvalue weighted by molar-refractivity contribution is 9.10. The largest absolute Gasteiger partial charge is 0.469 e. The second-order valence-electron chi connectivity index (χ2n) is 6.11. The van der Waals surface area contributed by atoms with Gasteiger partial charge in [0.25, 0.3) is 0 Å². The molecule has 4 aromatic rings. The lowest BCUT2D eigenvalue weighted by Gasteiger charge is -2.12. The Morgan fingerprint density at radius 1 is 1.04 bits per heavy atom. The summed E-state index contributed by atoms with van der Waals surface area (Å²) < 4.78 is 5.93. The van der Waals surface area contributed by atoms with E-state index < -0.39 is 0 Å². The van der Waals surface area contributed by atoms with Crippen molar-refractivity contribution in [2.45, 2.75) is 6.42 Å². The van der Waals surface area contributed by atoms with Crippen LogP contribution in [0.4, 0.5) is 0 Å². The molecule has 1 heterocycles. The van der Waals surface area contributed by atoms with Crippen molar-refractivity contribution in [1.29, 1.82) is 0 Å². The Balaban J connectivity index is 2.00. The highest BCUT2D eigenvalue weighted by atomic mass is 79.9. The smallest absolute Gasteiger partial charge is 0.310 e. The molecule has 0 aliphatic rings. The third-order valence-corrected chi connectivity index (χ3v) is 5.01. The van der Waals surface area contributed by atoms with E-state index >= 15 is 0 Å². The monoisotopic (exact) mass is 405 g/mol. The minimum atomic E-state index is -0.257. The number of benzene rings is 3. The van der Waals surface area contributed by atoms with Crippen LogP contribution in [-0.2, 0) is 16.0 Å². The number of hydrogen-bond donors (Lipinski definition) is 0. The highest BCUT2D eigenvalue weighted by Crippen LogP contribution is 2.31. The molecule has 0 atom stereocenters. The van der Waals surface area contributed by atoms with E-state index in [1.54, 1.807) is 0 Å². The van der Waals surface area contributed by atoms with Crippen molar-refractivity contribution in [1.82, 2.24) is 4.98 Å². The van der Waals surface area contributed by atoms with Crippen molar-refractivity contribution in [3.63, 3.8) is 0 Å². The Kier molecular flexibility index (Phi) is 4.43. The molecule has 0 aliphatic carbocycles. The fourth-order valence-corrected chi connectivity index (χ4v) is 3.49. The second kappa shape index (κ2) is 6.89. The number of hydrogen-bond acceptors (Lipinski definition) is 3. The molecule has 1 aromatic heterocycles. The summed E-state index contributed by atoms with van der Waals surface area (Å²) in [5.74, 6) is -0.257. The number of rotatable bonds is 3. The third-order valence-electron chi connectivity index (χ3n) is 4.48. The Labute approximate surface area is 159 Å². The molecule has 3 aromatic carbocycles. The van der Waals surface area contributed by atoms with Gasteiger partial charge in [0.15, 0.2) is 0 Å². The zero-order valence-electron chi connectivity index (χ0n) is 14.2. The van der Waals surface area contributed by atoms with Crippen molar-refractivity contribution < 1.29 is 9.53 Å². The summed E-state index contributed by atoms with van der Waals surface area (Å²) in [5, 5.41) is 3.23. The number of carbonyl (C=O) groups excluding carboxylic acids is 1. The Hall–Kier alpha value is -2.72. The quantitative estimate of drug-likeness (QED) is 0.332. The van der Waals surface area contributed by atoms with E-state index in [4.69, 9.17) is 9.72 Å². The average Bonchev–Trinajstić information content (AvgIpc) is 2.68. The number of methoxy groups -OCH3 is 1. The van der Waals surface area contributed by atoms with Crippen LogP contribution in [0.2, 0.25) is 0 Å². The maximum absolute atomic E-state index is 12.0. The third kappa shape index (κ3) is 3.08. The average molecular weight is 406 g/mol. The van der Waals surface area contributed by atoms with Gasteiger partial charge in [0.05, 0.1) is 24.7 Å². The number of ether oxygens (including phenoxy) is 1. The van der Waals surface area contributed by atoms with Gasteiger partial charge in [-0.15, -0.1) is 0 Å². The lowest BCUT2D eigenvalue weighted by molar-refractivity contribution is -0.139. The summed E-state index contributed by atoms with van der Waals surface area (Å²) in [5.41, 5.74) is 3.66. The van der Waals surface area contributed by atoms with Crippen LogP contribution < -0.4 is 0 Å². The molecule has 0 spiro atoms. The van der Waals surface area contributed by atoms with Gasteiger partial charge in [-0.25, -0.2) is 4.98 Å². The Morgan fingerprint density at radius 2 is 1.81 bits per heavy atom. The lowest BCUT2D eigenvalue weighted by atomic mass is 9.97. The normalized spacial score (nSPS) is 11.0. The first-order valence-electron chi connectivity index (χ1n) is 8.30. The molecule has 26 heavy (non-hydrogen) atoms. The fraction of sp³-hybridized carbons (Fsp3) is 0.0909. The van der Waals surface area contributed by atoms with Gasteiger partial charge < -0.3 is 4.74 Å². The van der Waals surface area contributed by atoms with Crippen molar-refractivity contribution in [3.8, 4) is 11.3 Å². The summed E-state index contributed by atoms with van der Waals surface area (Å²) in [4.78, 5) is 16.9. The van der Waals surface area contributed by atoms with Crippen molar-refractivity contribution in [3.05, 3.63) is 76.8 Å². The van der Waals surface area contributed by atoms with Gasteiger partial charge in [-0.3, -0.25) is 4.79 Å². The predicted octanol–water partition coefficient (Wildman–Crippen LogP) is 5.53. The molecular weight excluding hydrogens is 390 g/mol. The SMILES string of the molecule is COC(=O)Cc1cc(-c2ccc(Br)cc2)nc2ccc3ccccc3c12. The van der Waals surface area contributed by atoms with Crippen LogP contribution in [0.15, 0.2) is 71.2 Å². The van der Waals surface area contributed by atoms with E-state index in [0.29, 0.717) is 0 Å². The second-order valence-corrected chi connectivity index (χ2v) is 7.02. The number of aromatic nitrogens is 1. The van der Waals surface area contributed by atoms with Crippen LogP contribution in [0.3, 0.4) is 0 Å². The molecule has 128 valence electrons. The zero-order valence-corrected chi connectivity index (χ0v) is 15.8. The molecule has 0 bridgehead atoms. The molecule has 0 fully saturated rings. The van der Waals surface area contributed by atoms with Gasteiger partial charge in [0.1, 0.15) is 0 Å². The molecule has 0 unspecified atom stereocenters. The van der Waals surface area contributed by atoms with Crippen molar-refractivity contribution >= 4 is 43.6 Å². The van der Waals surface area contributed by atoms with Gasteiger partial charge in [0, 0.05) is 15.4 Å². The summed E-state index contributed by atoms with van der Waals surface area (Å²) in [7, 11) is 1.42. The molecule has 0 N–H and O–H groups in total. The first kappa shape index (κ1) is 16.7. The maximum Gasteiger partial charge on any atom is 0.310 e. The molecule has 0 aliphatic heterocycles. The van der Waals surface area contributed by atoms with E-state index in [1.165, 1.54) is 7.11 Å². The number of nitrogens with zero attached hydrogens (tertiary/aromatic N) is 1. The van der Waals surface area contributed by atoms with Gasteiger partial charge in [-0.2, -0.15) is 0 Å². The first-order valence-corrected chi connectivity index (χ1v) is 9.09. The lowest BCUT2D eigenvalue weighted by Crippen LogP contribution is -2.06. The zero-order chi connectivity index (χ0) is 18.1. The van der Waals surface area contributed by atoms with E-state index in [2.05, 4.69) is 34.1 Å².